The van der Waals surface area contributed by atoms with E-state index in [1.807, 2.05) is 0 Å². The van der Waals surface area contributed by atoms with Gasteiger partial charge < -0.3 is 10.4 Å². The predicted octanol–water partition coefficient (Wildman–Crippen LogP) is 2.31. The highest BCUT2D eigenvalue weighted by Crippen LogP contribution is 2.65. The fraction of sp³-hybridized carbons (Fsp3) is 1.00. The number of aliphatic hydroxyl groups is 1. The summed E-state index contributed by atoms with van der Waals surface area (Å²) in [6, 6.07) is 1.20. The average Bonchev–Trinajstić information content (AvgIpc) is 2.78. The minimum absolute atomic E-state index is 0.0727. The number of nitrogens with one attached hydrogen (secondary N) is 1. The van der Waals surface area contributed by atoms with Crippen LogP contribution in [-0.4, -0.2) is 23.3 Å². The number of fused-ring (bicyclic) bond motifs is 5. The summed E-state index contributed by atoms with van der Waals surface area (Å²) in [7, 11) is 0. The van der Waals surface area contributed by atoms with Crippen LogP contribution < -0.4 is 5.32 Å². The second-order valence-electron chi connectivity index (χ2n) is 6.99. The van der Waals surface area contributed by atoms with Crippen molar-refractivity contribution in [3.05, 3.63) is 0 Å². The maximum atomic E-state index is 10.2. The zero-order valence-electron chi connectivity index (χ0n) is 10.6. The number of rotatable bonds is 2. The first-order chi connectivity index (χ1) is 8.34. The third kappa shape index (κ3) is 1.67. The molecule has 2 heteroatoms. The van der Waals surface area contributed by atoms with Crippen LogP contribution in [0.2, 0.25) is 0 Å². The van der Waals surface area contributed by atoms with E-state index >= 15 is 0 Å². The molecule has 0 spiro atoms. The lowest BCUT2D eigenvalue weighted by Crippen LogP contribution is -2.42. The van der Waals surface area contributed by atoms with E-state index in [2.05, 4.69) is 5.32 Å². The molecule has 4 fully saturated rings. The molecule has 96 valence electrons. The summed E-state index contributed by atoms with van der Waals surface area (Å²) >= 11 is 0. The van der Waals surface area contributed by atoms with E-state index in [1.54, 1.807) is 0 Å². The maximum absolute atomic E-state index is 10.2. The molecule has 0 amide bonds. The minimum Gasteiger partial charge on any atom is -0.392 e. The molecule has 4 aliphatic carbocycles. The lowest BCUT2D eigenvalue weighted by molar-refractivity contribution is 0.116. The van der Waals surface area contributed by atoms with E-state index in [0.29, 0.717) is 6.04 Å². The zero-order chi connectivity index (χ0) is 11.4. The van der Waals surface area contributed by atoms with Gasteiger partial charge in [-0.05, 0) is 55.8 Å². The van der Waals surface area contributed by atoms with Crippen molar-refractivity contribution in [3.63, 3.8) is 0 Å². The van der Waals surface area contributed by atoms with Gasteiger partial charge in [0.15, 0.2) is 0 Å². The monoisotopic (exact) mass is 235 g/mol. The van der Waals surface area contributed by atoms with Crippen molar-refractivity contribution >= 4 is 0 Å². The van der Waals surface area contributed by atoms with Gasteiger partial charge in [0, 0.05) is 12.1 Å². The minimum atomic E-state index is -0.0727. The lowest BCUT2D eigenvalue weighted by atomic mass is 10.0. The molecule has 0 aliphatic heterocycles. The van der Waals surface area contributed by atoms with Gasteiger partial charge in [0.05, 0.1) is 6.10 Å². The van der Waals surface area contributed by atoms with Crippen LogP contribution in [0.5, 0.6) is 0 Å². The number of aliphatic hydroxyl groups excluding tert-OH is 1. The van der Waals surface area contributed by atoms with Crippen LogP contribution in [-0.2, 0) is 0 Å². The first kappa shape index (κ1) is 10.8. The van der Waals surface area contributed by atoms with Gasteiger partial charge in [0.1, 0.15) is 0 Å². The van der Waals surface area contributed by atoms with Crippen molar-refractivity contribution in [3.8, 4) is 0 Å². The van der Waals surface area contributed by atoms with Crippen LogP contribution in [0.25, 0.3) is 0 Å². The molecule has 4 aliphatic rings. The molecule has 4 rings (SSSR count). The van der Waals surface area contributed by atoms with Crippen molar-refractivity contribution in [1.29, 1.82) is 0 Å². The second kappa shape index (κ2) is 3.96. The van der Waals surface area contributed by atoms with Crippen LogP contribution in [0.15, 0.2) is 0 Å². The zero-order valence-corrected chi connectivity index (χ0v) is 10.6. The fourth-order valence-electron chi connectivity index (χ4n) is 5.28. The van der Waals surface area contributed by atoms with Gasteiger partial charge in [0.2, 0.25) is 0 Å². The molecule has 0 heterocycles. The van der Waals surface area contributed by atoms with Gasteiger partial charge in [0.25, 0.3) is 0 Å². The molecule has 4 saturated carbocycles. The lowest BCUT2D eigenvalue weighted by Gasteiger charge is -2.23. The standard InChI is InChI=1S/C15H25NO/c17-12-5-3-1-2-4-11(12)16-15-13-9-6-7-10(8-9)14(13)15/h9-17H,1-8H2. The van der Waals surface area contributed by atoms with Crippen molar-refractivity contribution in [2.24, 2.45) is 23.7 Å². The molecule has 2 N–H and O–H groups in total. The molecule has 0 aromatic heterocycles. The fourth-order valence-corrected chi connectivity index (χ4v) is 5.28. The smallest absolute Gasteiger partial charge is 0.0693 e. The van der Waals surface area contributed by atoms with E-state index in [-0.39, 0.29) is 6.10 Å². The Labute approximate surface area is 104 Å². The Morgan fingerprint density at radius 1 is 0.824 bits per heavy atom. The van der Waals surface area contributed by atoms with Crippen molar-refractivity contribution in [2.75, 3.05) is 0 Å². The Bertz CT molecular complexity index is 289. The first-order valence-corrected chi connectivity index (χ1v) is 7.79. The molecule has 0 saturated heterocycles. The molecular formula is C15H25NO. The van der Waals surface area contributed by atoms with E-state index < -0.39 is 0 Å². The second-order valence-corrected chi connectivity index (χ2v) is 6.99. The highest BCUT2D eigenvalue weighted by atomic mass is 16.3. The highest BCUT2D eigenvalue weighted by molar-refractivity contribution is 5.17. The molecule has 6 atom stereocenters. The number of hydrogen-bond acceptors (Lipinski definition) is 2. The Morgan fingerprint density at radius 3 is 2.29 bits per heavy atom. The average molecular weight is 235 g/mol. The van der Waals surface area contributed by atoms with Gasteiger partial charge in [-0.15, -0.1) is 0 Å². The SMILES string of the molecule is OC1CCCCCC1NC1C2C3CCC(C3)C12. The Kier molecular flexibility index (Phi) is 2.52. The largest absolute Gasteiger partial charge is 0.392 e. The van der Waals surface area contributed by atoms with Crippen LogP contribution in [0.1, 0.15) is 51.4 Å². The number of hydrogen-bond donors (Lipinski definition) is 2. The Hall–Kier alpha value is -0.0800. The summed E-state index contributed by atoms with van der Waals surface area (Å²) in [6.07, 6.45) is 10.5. The summed E-state index contributed by atoms with van der Waals surface area (Å²) in [4.78, 5) is 0. The molecule has 17 heavy (non-hydrogen) atoms. The van der Waals surface area contributed by atoms with Crippen molar-refractivity contribution in [1.82, 2.24) is 5.32 Å². The van der Waals surface area contributed by atoms with Crippen LogP contribution in [0, 0.1) is 23.7 Å². The predicted molar refractivity (Wildman–Crippen MR) is 67.6 cm³/mol. The van der Waals surface area contributed by atoms with Gasteiger partial charge in [-0.25, -0.2) is 0 Å². The maximum Gasteiger partial charge on any atom is 0.0693 e. The molecule has 0 aromatic rings. The van der Waals surface area contributed by atoms with Crippen LogP contribution in [0.4, 0.5) is 0 Å². The summed E-state index contributed by atoms with van der Waals surface area (Å²) in [5.41, 5.74) is 0. The summed E-state index contributed by atoms with van der Waals surface area (Å²) in [5, 5.41) is 14.0. The normalized spacial score (nSPS) is 56.6. The van der Waals surface area contributed by atoms with Crippen LogP contribution in [0.3, 0.4) is 0 Å². The molecule has 2 bridgehead atoms. The summed E-state index contributed by atoms with van der Waals surface area (Å²) in [6.45, 7) is 0. The third-order valence-electron chi connectivity index (χ3n) is 6.12. The van der Waals surface area contributed by atoms with E-state index in [0.717, 1.165) is 36.1 Å². The van der Waals surface area contributed by atoms with Crippen molar-refractivity contribution in [2.45, 2.75) is 69.6 Å². The van der Waals surface area contributed by atoms with E-state index in [4.69, 9.17) is 0 Å². The molecular weight excluding hydrogens is 210 g/mol. The molecule has 2 nitrogen and oxygen atoms in total. The van der Waals surface area contributed by atoms with E-state index in [1.165, 1.54) is 44.9 Å². The molecule has 0 aromatic carbocycles. The quantitative estimate of drug-likeness (QED) is 0.720. The molecule has 0 radical (unpaired) electrons. The Morgan fingerprint density at radius 2 is 1.53 bits per heavy atom. The van der Waals surface area contributed by atoms with Gasteiger partial charge >= 0.3 is 0 Å². The molecule has 6 unspecified atom stereocenters. The highest BCUT2D eigenvalue weighted by Gasteiger charge is 2.65. The van der Waals surface area contributed by atoms with Gasteiger partial charge in [-0.2, -0.15) is 0 Å². The van der Waals surface area contributed by atoms with E-state index in [9.17, 15) is 5.11 Å². The third-order valence-corrected chi connectivity index (χ3v) is 6.12. The summed E-state index contributed by atoms with van der Waals surface area (Å²) < 4.78 is 0. The topological polar surface area (TPSA) is 32.3 Å². The van der Waals surface area contributed by atoms with Gasteiger partial charge in [-0.3, -0.25) is 0 Å². The van der Waals surface area contributed by atoms with Gasteiger partial charge in [-0.1, -0.05) is 19.3 Å². The summed E-state index contributed by atoms with van der Waals surface area (Å²) in [5.74, 6) is 4.10. The van der Waals surface area contributed by atoms with Crippen LogP contribution >= 0.6 is 0 Å². The Balaban J connectivity index is 1.39. The van der Waals surface area contributed by atoms with Crippen molar-refractivity contribution < 1.29 is 5.11 Å². The first-order valence-electron chi connectivity index (χ1n) is 7.79.